The number of nitrogens with two attached hydrogens (primary N) is 1. The Labute approximate surface area is 136 Å². The second-order valence-electron chi connectivity index (χ2n) is 5.85. The van der Waals surface area contributed by atoms with E-state index in [1.54, 1.807) is 22.9 Å². The zero-order valence-corrected chi connectivity index (χ0v) is 13.5. The van der Waals surface area contributed by atoms with E-state index >= 15 is 0 Å². The van der Waals surface area contributed by atoms with Crippen LogP contribution in [0.4, 0.5) is 0 Å². The Morgan fingerprint density at radius 1 is 1.13 bits per heavy atom. The number of amides is 1. The predicted octanol–water partition coefficient (Wildman–Crippen LogP) is 1.50. The summed E-state index contributed by atoms with van der Waals surface area (Å²) in [5, 5.41) is 2.88. The first-order chi connectivity index (χ1) is 11.0. The zero-order valence-electron chi connectivity index (χ0n) is 13.5. The van der Waals surface area contributed by atoms with Crippen LogP contribution in [0.5, 0.6) is 0 Å². The van der Waals surface area contributed by atoms with Crippen molar-refractivity contribution in [2.75, 3.05) is 0 Å². The minimum atomic E-state index is -0.209. The molecule has 3 N–H and O–H groups in total. The molecule has 0 spiro atoms. The molecule has 122 valence electrons. The molecule has 2 unspecified atom stereocenters. The molecule has 0 saturated carbocycles. The SMILES string of the molecule is CC(N)C(C)C(=O)NCc1ccc(Cn2ccccc2=O)cc1. The average molecular weight is 313 g/mol. The third kappa shape index (κ3) is 4.79. The number of hydrogen-bond acceptors (Lipinski definition) is 3. The van der Waals surface area contributed by atoms with Crippen molar-refractivity contribution in [3.05, 3.63) is 70.1 Å². The fourth-order valence-corrected chi connectivity index (χ4v) is 2.14. The summed E-state index contributed by atoms with van der Waals surface area (Å²) in [6.07, 6.45) is 1.77. The van der Waals surface area contributed by atoms with Gasteiger partial charge in [0.15, 0.2) is 0 Å². The second kappa shape index (κ2) is 7.74. The Morgan fingerprint density at radius 2 is 1.78 bits per heavy atom. The van der Waals surface area contributed by atoms with E-state index < -0.39 is 0 Å². The Kier molecular flexibility index (Phi) is 5.71. The number of carbonyl (C=O) groups excluding carboxylic acids is 1. The van der Waals surface area contributed by atoms with Gasteiger partial charge in [-0.05, 0) is 24.1 Å². The minimum Gasteiger partial charge on any atom is -0.352 e. The highest BCUT2D eigenvalue weighted by molar-refractivity contribution is 5.78. The summed E-state index contributed by atoms with van der Waals surface area (Å²) in [7, 11) is 0. The molecular formula is C18H23N3O2. The molecule has 1 heterocycles. The summed E-state index contributed by atoms with van der Waals surface area (Å²) in [6.45, 7) is 4.65. The van der Waals surface area contributed by atoms with E-state index in [-0.39, 0.29) is 23.4 Å². The molecular weight excluding hydrogens is 290 g/mol. The van der Waals surface area contributed by atoms with Crippen molar-refractivity contribution < 1.29 is 4.79 Å². The number of hydrogen-bond donors (Lipinski definition) is 2. The first-order valence-corrected chi connectivity index (χ1v) is 7.74. The van der Waals surface area contributed by atoms with Gasteiger partial charge < -0.3 is 15.6 Å². The van der Waals surface area contributed by atoms with E-state index in [2.05, 4.69) is 5.32 Å². The molecule has 2 atom stereocenters. The molecule has 0 fully saturated rings. The summed E-state index contributed by atoms with van der Waals surface area (Å²) >= 11 is 0. The molecule has 23 heavy (non-hydrogen) atoms. The zero-order chi connectivity index (χ0) is 16.8. The number of benzene rings is 1. The number of nitrogens with one attached hydrogen (secondary N) is 1. The quantitative estimate of drug-likeness (QED) is 0.848. The fourth-order valence-electron chi connectivity index (χ4n) is 2.14. The van der Waals surface area contributed by atoms with Gasteiger partial charge in [0.1, 0.15) is 0 Å². The van der Waals surface area contributed by atoms with E-state index in [0.29, 0.717) is 13.1 Å². The average Bonchev–Trinajstić information content (AvgIpc) is 2.55. The van der Waals surface area contributed by atoms with Gasteiger partial charge >= 0.3 is 0 Å². The van der Waals surface area contributed by atoms with Crippen molar-refractivity contribution >= 4 is 5.91 Å². The van der Waals surface area contributed by atoms with Gasteiger partial charge in [0.05, 0.1) is 6.54 Å². The van der Waals surface area contributed by atoms with E-state index in [4.69, 9.17) is 5.73 Å². The minimum absolute atomic E-state index is 0.0197. The Balaban J connectivity index is 1.94. The van der Waals surface area contributed by atoms with Crippen LogP contribution in [-0.4, -0.2) is 16.5 Å². The molecule has 2 aromatic rings. The van der Waals surface area contributed by atoms with Crippen molar-refractivity contribution in [1.82, 2.24) is 9.88 Å². The molecule has 5 heteroatoms. The van der Waals surface area contributed by atoms with E-state index in [1.165, 1.54) is 0 Å². The van der Waals surface area contributed by atoms with Crippen LogP contribution in [0, 0.1) is 5.92 Å². The predicted molar refractivity (Wildman–Crippen MR) is 90.9 cm³/mol. The number of aromatic nitrogens is 1. The van der Waals surface area contributed by atoms with Gasteiger partial charge in [-0.3, -0.25) is 9.59 Å². The Bertz CT molecular complexity index is 705. The van der Waals surface area contributed by atoms with Gasteiger partial charge in [0, 0.05) is 30.8 Å². The lowest BCUT2D eigenvalue weighted by atomic mass is 10.0. The molecule has 1 aromatic heterocycles. The van der Waals surface area contributed by atoms with Crippen LogP contribution in [-0.2, 0) is 17.9 Å². The lowest BCUT2D eigenvalue weighted by molar-refractivity contribution is -0.125. The molecule has 5 nitrogen and oxygen atoms in total. The summed E-state index contributed by atoms with van der Waals surface area (Å²) in [5.41, 5.74) is 7.76. The summed E-state index contributed by atoms with van der Waals surface area (Å²) in [6, 6.07) is 12.8. The molecule has 1 amide bonds. The third-order valence-electron chi connectivity index (χ3n) is 3.94. The molecule has 2 rings (SSSR count). The van der Waals surface area contributed by atoms with E-state index in [0.717, 1.165) is 11.1 Å². The number of nitrogens with zero attached hydrogens (tertiary/aromatic N) is 1. The van der Waals surface area contributed by atoms with Crippen molar-refractivity contribution in [3.63, 3.8) is 0 Å². The van der Waals surface area contributed by atoms with Crippen molar-refractivity contribution in [2.24, 2.45) is 11.7 Å². The van der Waals surface area contributed by atoms with Crippen LogP contribution in [0.2, 0.25) is 0 Å². The summed E-state index contributed by atoms with van der Waals surface area (Å²) < 4.78 is 1.65. The number of carbonyl (C=O) groups is 1. The Morgan fingerprint density at radius 3 is 2.39 bits per heavy atom. The van der Waals surface area contributed by atoms with Crippen LogP contribution in [0.1, 0.15) is 25.0 Å². The van der Waals surface area contributed by atoms with Crippen LogP contribution >= 0.6 is 0 Å². The van der Waals surface area contributed by atoms with Crippen molar-refractivity contribution in [2.45, 2.75) is 33.0 Å². The standard InChI is InChI=1S/C18H23N3O2/c1-13(14(2)19)18(23)20-11-15-6-8-16(9-7-15)12-21-10-4-3-5-17(21)22/h3-10,13-14H,11-12,19H2,1-2H3,(H,20,23). The summed E-state index contributed by atoms with van der Waals surface area (Å²) in [4.78, 5) is 23.6. The van der Waals surface area contributed by atoms with Crippen LogP contribution in [0.25, 0.3) is 0 Å². The fraction of sp³-hybridized carbons (Fsp3) is 0.333. The summed E-state index contributed by atoms with van der Waals surface area (Å²) in [5.74, 6) is -0.251. The maximum absolute atomic E-state index is 11.9. The third-order valence-corrected chi connectivity index (χ3v) is 3.94. The monoisotopic (exact) mass is 313 g/mol. The van der Waals surface area contributed by atoms with E-state index in [9.17, 15) is 9.59 Å². The van der Waals surface area contributed by atoms with Gasteiger partial charge in [-0.15, -0.1) is 0 Å². The van der Waals surface area contributed by atoms with Gasteiger partial charge in [0.25, 0.3) is 5.56 Å². The van der Waals surface area contributed by atoms with Crippen molar-refractivity contribution in [3.8, 4) is 0 Å². The van der Waals surface area contributed by atoms with Gasteiger partial charge in [-0.2, -0.15) is 0 Å². The smallest absolute Gasteiger partial charge is 0.250 e. The van der Waals surface area contributed by atoms with Crippen molar-refractivity contribution in [1.29, 1.82) is 0 Å². The molecule has 0 aliphatic heterocycles. The first-order valence-electron chi connectivity index (χ1n) is 7.74. The largest absolute Gasteiger partial charge is 0.352 e. The van der Waals surface area contributed by atoms with Gasteiger partial charge in [-0.1, -0.05) is 37.3 Å². The first kappa shape index (κ1) is 17.0. The molecule has 0 aliphatic rings. The molecule has 1 aromatic carbocycles. The van der Waals surface area contributed by atoms with Crippen LogP contribution < -0.4 is 16.6 Å². The van der Waals surface area contributed by atoms with E-state index in [1.807, 2.05) is 44.2 Å². The highest BCUT2D eigenvalue weighted by Gasteiger charge is 2.16. The van der Waals surface area contributed by atoms with Crippen LogP contribution in [0.3, 0.4) is 0 Å². The molecule has 0 bridgehead atoms. The molecule has 0 saturated heterocycles. The maximum Gasteiger partial charge on any atom is 0.250 e. The van der Waals surface area contributed by atoms with Gasteiger partial charge in [0.2, 0.25) is 5.91 Å². The normalized spacial score (nSPS) is 13.3. The second-order valence-corrected chi connectivity index (χ2v) is 5.85. The topological polar surface area (TPSA) is 77.1 Å². The Hall–Kier alpha value is -2.40. The highest BCUT2D eigenvalue weighted by atomic mass is 16.2. The number of pyridine rings is 1. The maximum atomic E-state index is 11.9. The lowest BCUT2D eigenvalue weighted by Gasteiger charge is -2.15. The van der Waals surface area contributed by atoms with Gasteiger partial charge in [-0.25, -0.2) is 0 Å². The highest BCUT2D eigenvalue weighted by Crippen LogP contribution is 2.07. The molecule has 0 radical (unpaired) electrons. The lowest BCUT2D eigenvalue weighted by Crippen LogP contribution is -2.38. The number of rotatable bonds is 6. The van der Waals surface area contributed by atoms with Crippen LogP contribution in [0.15, 0.2) is 53.5 Å². The molecule has 0 aliphatic carbocycles.